The molecule has 2 aromatic rings. The summed E-state index contributed by atoms with van der Waals surface area (Å²) in [6, 6.07) is 0. The molecule has 0 saturated heterocycles. The van der Waals surface area contributed by atoms with E-state index in [1.54, 1.807) is 23.9 Å². The molecule has 6 heteroatoms. The van der Waals surface area contributed by atoms with E-state index in [1.165, 1.54) is 36.3 Å². The number of aromatic nitrogens is 3. The average Bonchev–Trinajstić information content (AvgIpc) is 3.10. The van der Waals surface area contributed by atoms with Crippen LogP contribution >= 0.6 is 11.3 Å². The SMILES string of the molecule is O=C(CCCn1ccnc1)Nc1nc2c(s1)CCCCCC2. The Kier molecular flexibility index (Phi) is 5.21. The van der Waals surface area contributed by atoms with Gasteiger partial charge in [0.05, 0.1) is 12.0 Å². The lowest BCUT2D eigenvalue weighted by Gasteiger charge is -2.06. The van der Waals surface area contributed by atoms with Crippen LogP contribution in [0.4, 0.5) is 5.13 Å². The first-order chi connectivity index (χ1) is 10.8. The van der Waals surface area contributed by atoms with Crippen LogP contribution in [0.1, 0.15) is 49.1 Å². The summed E-state index contributed by atoms with van der Waals surface area (Å²) >= 11 is 1.66. The molecule has 118 valence electrons. The van der Waals surface area contributed by atoms with Gasteiger partial charge in [-0.25, -0.2) is 9.97 Å². The highest BCUT2D eigenvalue weighted by molar-refractivity contribution is 7.15. The minimum Gasteiger partial charge on any atom is -0.337 e. The number of nitrogens with one attached hydrogen (secondary N) is 1. The van der Waals surface area contributed by atoms with Crippen molar-refractivity contribution in [1.29, 1.82) is 0 Å². The van der Waals surface area contributed by atoms with Crippen LogP contribution in [0.5, 0.6) is 0 Å². The Hall–Kier alpha value is -1.69. The zero-order valence-corrected chi connectivity index (χ0v) is 13.6. The topological polar surface area (TPSA) is 59.8 Å². The van der Waals surface area contributed by atoms with Gasteiger partial charge in [-0.05, 0) is 32.1 Å². The molecule has 1 amide bonds. The van der Waals surface area contributed by atoms with Gasteiger partial charge in [0.2, 0.25) is 5.91 Å². The molecule has 0 atom stereocenters. The highest BCUT2D eigenvalue weighted by Crippen LogP contribution is 2.28. The number of fused-ring (bicyclic) bond motifs is 1. The van der Waals surface area contributed by atoms with Gasteiger partial charge in [0, 0.05) is 30.2 Å². The summed E-state index contributed by atoms with van der Waals surface area (Å²) in [5, 5.41) is 3.74. The van der Waals surface area contributed by atoms with E-state index in [0.29, 0.717) is 6.42 Å². The van der Waals surface area contributed by atoms with Crippen LogP contribution in [0.15, 0.2) is 18.7 Å². The van der Waals surface area contributed by atoms with Crippen LogP contribution in [-0.4, -0.2) is 20.4 Å². The van der Waals surface area contributed by atoms with Crippen molar-refractivity contribution in [2.45, 2.75) is 57.9 Å². The molecule has 22 heavy (non-hydrogen) atoms. The summed E-state index contributed by atoms with van der Waals surface area (Å²) < 4.78 is 1.99. The predicted molar refractivity (Wildman–Crippen MR) is 88.1 cm³/mol. The van der Waals surface area contributed by atoms with E-state index in [4.69, 9.17) is 0 Å². The lowest BCUT2D eigenvalue weighted by Crippen LogP contribution is -2.12. The van der Waals surface area contributed by atoms with E-state index in [-0.39, 0.29) is 5.91 Å². The number of carbonyl (C=O) groups excluding carboxylic acids is 1. The highest BCUT2D eigenvalue weighted by Gasteiger charge is 2.14. The number of thiazole rings is 1. The molecule has 0 radical (unpaired) electrons. The number of aryl methyl sites for hydroxylation is 3. The van der Waals surface area contributed by atoms with E-state index in [1.807, 2.05) is 10.8 Å². The lowest BCUT2D eigenvalue weighted by molar-refractivity contribution is -0.116. The second kappa shape index (κ2) is 7.54. The van der Waals surface area contributed by atoms with Gasteiger partial charge in [-0.15, -0.1) is 11.3 Å². The van der Waals surface area contributed by atoms with Crippen LogP contribution in [0.25, 0.3) is 0 Å². The summed E-state index contributed by atoms with van der Waals surface area (Å²) in [5.41, 5.74) is 1.21. The van der Waals surface area contributed by atoms with Gasteiger partial charge in [0.1, 0.15) is 0 Å². The van der Waals surface area contributed by atoms with Crippen molar-refractivity contribution in [2.24, 2.45) is 0 Å². The fourth-order valence-corrected chi connectivity index (χ4v) is 3.85. The van der Waals surface area contributed by atoms with E-state index in [0.717, 1.165) is 30.9 Å². The predicted octanol–water partition coefficient (Wildman–Crippen LogP) is 3.42. The standard InChI is InChI=1S/C16H22N4OS/c21-15(8-5-10-20-11-9-17-12-20)19-16-18-13-6-3-1-2-4-7-14(13)22-16/h9,11-12H,1-8,10H2,(H,18,19,21). The Morgan fingerprint density at radius 3 is 2.95 bits per heavy atom. The highest BCUT2D eigenvalue weighted by atomic mass is 32.1. The van der Waals surface area contributed by atoms with Crippen molar-refractivity contribution in [1.82, 2.24) is 14.5 Å². The number of nitrogens with zero attached hydrogens (tertiary/aromatic N) is 3. The Morgan fingerprint density at radius 1 is 1.27 bits per heavy atom. The number of amides is 1. The summed E-state index contributed by atoms with van der Waals surface area (Å²) in [5.74, 6) is 0.0573. The monoisotopic (exact) mass is 318 g/mol. The molecule has 0 bridgehead atoms. The van der Waals surface area contributed by atoms with Crippen LogP contribution < -0.4 is 5.32 Å². The van der Waals surface area contributed by atoms with Crippen LogP contribution in [0, 0.1) is 0 Å². The molecule has 1 aliphatic rings. The van der Waals surface area contributed by atoms with Crippen molar-refractivity contribution in [3.8, 4) is 0 Å². The maximum Gasteiger partial charge on any atom is 0.226 e. The normalized spacial score (nSPS) is 14.9. The quantitative estimate of drug-likeness (QED) is 0.919. The molecule has 1 N–H and O–H groups in total. The molecule has 0 unspecified atom stereocenters. The number of hydrogen-bond donors (Lipinski definition) is 1. The average molecular weight is 318 g/mol. The maximum absolute atomic E-state index is 12.0. The van der Waals surface area contributed by atoms with Gasteiger partial charge in [0.25, 0.3) is 0 Å². The second-order valence-corrected chi connectivity index (χ2v) is 6.84. The third kappa shape index (κ3) is 4.16. The number of hydrogen-bond acceptors (Lipinski definition) is 4. The minimum absolute atomic E-state index is 0.0573. The Balaban J connectivity index is 1.49. The smallest absolute Gasteiger partial charge is 0.226 e. The third-order valence-corrected chi connectivity index (χ3v) is 5.04. The maximum atomic E-state index is 12.0. The zero-order valence-electron chi connectivity index (χ0n) is 12.8. The molecule has 2 heterocycles. The zero-order chi connectivity index (χ0) is 15.2. The first kappa shape index (κ1) is 15.2. The fraction of sp³-hybridized carbons (Fsp3) is 0.562. The molecular weight excluding hydrogens is 296 g/mol. The minimum atomic E-state index is 0.0573. The van der Waals surface area contributed by atoms with E-state index in [9.17, 15) is 4.79 Å². The molecule has 3 rings (SSSR count). The van der Waals surface area contributed by atoms with Crippen molar-refractivity contribution in [2.75, 3.05) is 5.32 Å². The van der Waals surface area contributed by atoms with Crippen LogP contribution in [0.3, 0.4) is 0 Å². The summed E-state index contributed by atoms with van der Waals surface area (Å²) in [6.45, 7) is 0.821. The van der Waals surface area contributed by atoms with E-state index < -0.39 is 0 Å². The first-order valence-corrected chi connectivity index (χ1v) is 8.87. The molecule has 0 saturated carbocycles. The molecule has 0 spiro atoms. The molecule has 2 aromatic heterocycles. The summed E-state index contributed by atoms with van der Waals surface area (Å²) in [6.07, 6.45) is 14.0. The van der Waals surface area contributed by atoms with Crippen molar-refractivity contribution in [3.63, 3.8) is 0 Å². The molecule has 0 aliphatic heterocycles. The number of anilines is 1. The largest absolute Gasteiger partial charge is 0.337 e. The molecule has 1 aliphatic carbocycles. The Bertz CT molecular complexity index is 580. The second-order valence-electron chi connectivity index (χ2n) is 5.76. The van der Waals surface area contributed by atoms with Gasteiger partial charge < -0.3 is 9.88 Å². The first-order valence-electron chi connectivity index (χ1n) is 8.05. The van der Waals surface area contributed by atoms with E-state index >= 15 is 0 Å². The van der Waals surface area contributed by atoms with Gasteiger partial charge >= 0.3 is 0 Å². The third-order valence-electron chi connectivity index (χ3n) is 3.97. The van der Waals surface area contributed by atoms with Crippen molar-refractivity contribution < 1.29 is 4.79 Å². The molecule has 5 nitrogen and oxygen atoms in total. The van der Waals surface area contributed by atoms with E-state index in [2.05, 4.69) is 15.3 Å². The lowest BCUT2D eigenvalue weighted by atomic mass is 10.0. The number of carbonyl (C=O) groups is 1. The van der Waals surface area contributed by atoms with Gasteiger partial charge in [-0.1, -0.05) is 12.8 Å². The molecular formula is C16H22N4OS. The molecule has 0 fully saturated rings. The Labute approximate surface area is 134 Å². The van der Waals surface area contributed by atoms with Crippen LogP contribution in [0.2, 0.25) is 0 Å². The Morgan fingerprint density at radius 2 is 2.14 bits per heavy atom. The summed E-state index contributed by atoms with van der Waals surface area (Å²) in [7, 11) is 0. The van der Waals surface area contributed by atoms with Gasteiger partial charge in [0.15, 0.2) is 5.13 Å². The van der Waals surface area contributed by atoms with Gasteiger partial charge in [-0.2, -0.15) is 0 Å². The van der Waals surface area contributed by atoms with Crippen molar-refractivity contribution in [3.05, 3.63) is 29.3 Å². The fourth-order valence-electron chi connectivity index (χ4n) is 2.78. The molecule has 0 aromatic carbocycles. The summed E-state index contributed by atoms with van der Waals surface area (Å²) in [4.78, 5) is 22.0. The number of imidazole rings is 1. The van der Waals surface area contributed by atoms with Gasteiger partial charge in [-0.3, -0.25) is 4.79 Å². The van der Waals surface area contributed by atoms with Crippen molar-refractivity contribution >= 4 is 22.4 Å². The van der Waals surface area contributed by atoms with Crippen LogP contribution in [-0.2, 0) is 24.2 Å². The number of rotatable bonds is 5.